The number of aromatic hydroxyl groups is 2. The number of carbonyl (C=O) groups excluding carboxylic acids is 6. The quantitative estimate of drug-likeness (QED) is 0.0648. The lowest BCUT2D eigenvalue weighted by Gasteiger charge is -2.32. The number of amides is 5. The lowest BCUT2D eigenvalue weighted by molar-refractivity contribution is -0.155. The molecule has 0 aliphatic heterocycles. The predicted molar refractivity (Wildman–Crippen MR) is 204 cm³/mol. The number of carboxylic acid groups (broad SMARTS) is 4. The number of carboxylic acids is 4. The van der Waals surface area contributed by atoms with Crippen LogP contribution in [0.25, 0.3) is 0 Å². The Morgan fingerprint density at radius 3 is 1.59 bits per heavy atom. The van der Waals surface area contributed by atoms with Gasteiger partial charge in [0, 0.05) is 36.7 Å². The summed E-state index contributed by atoms with van der Waals surface area (Å²) in [7, 11) is 0. The van der Waals surface area contributed by atoms with E-state index in [0.717, 1.165) is 22.6 Å². The minimum atomic E-state index is -1.65. The molecule has 0 spiro atoms. The van der Waals surface area contributed by atoms with Crippen molar-refractivity contribution in [3.05, 3.63) is 47.5 Å². The van der Waals surface area contributed by atoms with Crippen molar-refractivity contribution in [1.82, 2.24) is 29.6 Å². The van der Waals surface area contributed by atoms with Gasteiger partial charge >= 0.3 is 29.8 Å². The number of aryl methyl sites for hydroxylation is 1. The number of aromatic nitrogens is 1. The lowest BCUT2D eigenvalue weighted by Crippen LogP contribution is -2.53. The highest BCUT2D eigenvalue weighted by molar-refractivity contribution is 5.95. The van der Waals surface area contributed by atoms with Crippen LogP contribution in [-0.2, 0) is 43.2 Å². The van der Waals surface area contributed by atoms with Crippen LogP contribution in [0, 0.1) is 18.8 Å². The van der Waals surface area contributed by atoms with Crippen LogP contribution in [-0.4, -0.2) is 173 Å². The van der Waals surface area contributed by atoms with Gasteiger partial charge in [-0.1, -0.05) is 17.7 Å². The van der Waals surface area contributed by atoms with E-state index in [1.807, 2.05) is 13.0 Å². The van der Waals surface area contributed by atoms with Gasteiger partial charge in [-0.3, -0.25) is 43.2 Å². The summed E-state index contributed by atoms with van der Waals surface area (Å²) in [5.41, 5.74) is 1.30. The number of rotatable bonds is 23. The summed E-state index contributed by atoms with van der Waals surface area (Å²) in [6.45, 7) is -5.51. The molecular weight excluding hydrogens is 812 g/mol. The van der Waals surface area contributed by atoms with Crippen molar-refractivity contribution in [1.29, 1.82) is 0 Å². The van der Waals surface area contributed by atoms with E-state index in [0.29, 0.717) is 31.4 Å². The van der Waals surface area contributed by atoms with E-state index in [2.05, 4.69) is 5.32 Å². The molecule has 3 rings (SSSR count). The van der Waals surface area contributed by atoms with E-state index in [-0.39, 0.29) is 51.1 Å². The van der Waals surface area contributed by atoms with Crippen LogP contribution in [0.4, 0.5) is 0 Å². The second-order valence-corrected chi connectivity index (χ2v) is 14.2. The SMILES string of the molecule is Cc1cccc(C(=O)NCCCCN(CC(=O)O)C(=O)CN(CC(=O)O)C(=O)CN(CC(=O)O)C(=O)CN(CC(=O)O)C(=O)C2CCC(C(=O)On3c(O)ccc3O)CC2)c1. The van der Waals surface area contributed by atoms with Crippen molar-refractivity contribution in [2.75, 3.05) is 58.9 Å². The zero-order valence-electron chi connectivity index (χ0n) is 33.1. The van der Waals surface area contributed by atoms with Gasteiger partial charge in [-0.25, -0.2) is 4.79 Å². The fourth-order valence-corrected chi connectivity index (χ4v) is 6.42. The standard InChI is InChI=1S/C38H48N6O17/c1-23-5-4-6-26(15-23)36(58)39-13-2-3-14-40(19-32(50)51)29(47)16-41(20-33(52)53)30(48)17-42(21-34(54)55)31(49)18-43(22-35(56)57)37(59)24-7-9-25(10-8-24)38(60)61-44-27(45)11-12-28(44)46/h4-6,11-12,15,24-25,45-46H,2-3,7-10,13-14,16-22H2,1H3,(H,39,58)(H,50,51)(H,52,53)(H,54,55)(H,56,57). The molecule has 5 amide bonds. The molecule has 1 fully saturated rings. The van der Waals surface area contributed by atoms with Crippen molar-refractivity contribution in [3.8, 4) is 11.8 Å². The van der Waals surface area contributed by atoms with Crippen LogP contribution >= 0.6 is 0 Å². The average molecular weight is 861 g/mol. The van der Waals surface area contributed by atoms with Crippen molar-refractivity contribution in [2.45, 2.75) is 45.4 Å². The molecule has 0 unspecified atom stereocenters. The minimum absolute atomic E-state index is 0.0194. The second-order valence-electron chi connectivity index (χ2n) is 14.2. The Morgan fingerprint density at radius 2 is 1.08 bits per heavy atom. The number of hydrogen-bond acceptors (Lipinski definition) is 13. The van der Waals surface area contributed by atoms with Crippen LogP contribution in [0.5, 0.6) is 11.8 Å². The fraction of sp³-hybridized carbons (Fsp3) is 0.474. The Kier molecular flexibility index (Phi) is 18.0. The van der Waals surface area contributed by atoms with E-state index < -0.39 is 123 Å². The number of hydrogen-bond donors (Lipinski definition) is 7. The summed E-state index contributed by atoms with van der Waals surface area (Å²) >= 11 is 0. The summed E-state index contributed by atoms with van der Waals surface area (Å²) in [5, 5.41) is 60.2. The number of aliphatic carboxylic acids is 4. The van der Waals surface area contributed by atoms with Crippen LogP contribution in [0.3, 0.4) is 0 Å². The average Bonchev–Trinajstić information content (AvgIpc) is 3.50. The molecular formula is C38H48N6O17. The molecule has 1 saturated carbocycles. The van der Waals surface area contributed by atoms with Crippen molar-refractivity contribution < 1.29 is 83.4 Å². The molecule has 0 radical (unpaired) electrons. The Balaban J connectivity index is 1.65. The highest BCUT2D eigenvalue weighted by atomic mass is 16.7. The van der Waals surface area contributed by atoms with Crippen LogP contribution in [0.2, 0.25) is 0 Å². The molecule has 1 aromatic heterocycles. The summed E-state index contributed by atoms with van der Waals surface area (Å²) in [6, 6.07) is 9.01. The van der Waals surface area contributed by atoms with Gasteiger partial charge < -0.3 is 60.4 Å². The molecule has 1 aliphatic carbocycles. The molecule has 1 aliphatic rings. The first kappa shape index (κ1) is 48.2. The molecule has 1 heterocycles. The van der Waals surface area contributed by atoms with Crippen molar-refractivity contribution in [2.24, 2.45) is 11.8 Å². The minimum Gasteiger partial charge on any atom is -0.492 e. The summed E-state index contributed by atoms with van der Waals surface area (Å²) in [6.07, 6.45) is 0.639. The first-order chi connectivity index (χ1) is 28.7. The third kappa shape index (κ3) is 15.5. The van der Waals surface area contributed by atoms with Gasteiger partial charge in [0.25, 0.3) is 5.91 Å². The van der Waals surface area contributed by atoms with Gasteiger partial charge in [-0.15, -0.1) is 4.73 Å². The topological polar surface area (TPSA) is 331 Å². The molecule has 0 saturated heterocycles. The van der Waals surface area contributed by atoms with Gasteiger partial charge in [-0.05, 0) is 57.6 Å². The Hall–Kier alpha value is -7.20. The highest BCUT2D eigenvalue weighted by Gasteiger charge is 2.36. The van der Waals surface area contributed by atoms with E-state index >= 15 is 0 Å². The van der Waals surface area contributed by atoms with E-state index in [4.69, 9.17) is 4.84 Å². The molecule has 7 N–H and O–H groups in total. The zero-order chi connectivity index (χ0) is 45.4. The van der Waals surface area contributed by atoms with Crippen LogP contribution in [0.15, 0.2) is 36.4 Å². The third-order valence-corrected chi connectivity index (χ3v) is 9.46. The number of carbonyl (C=O) groups is 10. The molecule has 23 nitrogen and oxygen atoms in total. The van der Waals surface area contributed by atoms with Crippen LogP contribution < -0.4 is 10.2 Å². The molecule has 2 aromatic rings. The Morgan fingerprint density at radius 1 is 0.623 bits per heavy atom. The van der Waals surface area contributed by atoms with E-state index in [1.54, 1.807) is 18.2 Å². The van der Waals surface area contributed by atoms with Gasteiger partial charge in [-0.2, -0.15) is 0 Å². The fourth-order valence-electron chi connectivity index (χ4n) is 6.42. The molecule has 23 heteroatoms. The normalized spacial score (nSPS) is 14.5. The number of nitrogens with one attached hydrogen (secondary N) is 1. The second kappa shape index (κ2) is 22.8. The highest BCUT2D eigenvalue weighted by Crippen LogP contribution is 2.31. The first-order valence-corrected chi connectivity index (χ1v) is 18.9. The van der Waals surface area contributed by atoms with Crippen molar-refractivity contribution in [3.63, 3.8) is 0 Å². The molecule has 332 valence electrons. The Bertz CT molecular complexity index is 1950. The summed E-state index contributed by atoms with van der Waals surface area (Å²) < 4.78 is 0.501. The smallest absolute Gasteiger partial charge is 0.336 e. The van der Waals surface area contributed by atoms with E-state index in [1.165, 1.54) is 0 Å². The number of unbranched alkanes of at least 4 members (excludes halogenated alkanes) is 1. The summed E-state index contributed by atoms with van der Waals surface area (Å²) in [5.74, 6) is -14.5. The maximum Gasteiger partial charge on any atom is 0.336 e. The molecule has 61 heavy (non-hydrogen) atoms. The summed E-state index contributed by atoms with van der Waals surface area (Å²) in [4.78, 5) is 133. The molecule has 0 atom stereocenters. The van der Waals surface area contributed by atoms with Gasteiger partial charge in [0.2, 0.25) is 35.4 Å². The van der Waals surface area contributed by atoms with Crippen molar-refractivity contribution >= 4 is 59.4 Å². The number of benzene rings is 1. The van der Waals surface area contributed by atoms with Crippen LogP contribution in [0.1, 0.15) is 54.4 Å². The maximum atomic E-state index is 13.5. The largest absolute Gasteiger partial charge is 0.492 e. The van der Waals surface area contributed by atoms with Gasteiger partial charge in [0.1, 0.15) is 45.8 Å². The maximum absolute atomic E-state index is 13.5. The first-order valence-electron chi connectivity index (χ1n) is 18.9. The predicted octanol–water partition coefficient (Wildman–Crippen LogP) is -1.17. The number of nitrogens with zero attached hydrogens (tertiary/aromatic N) is 5. The third-order valence-electron chi connectivity index (χ3n) is 9.46. The Labute approximate surface area is 347 Å². The molecule has 1 aromatic carbocycles. The van der Waals surface area contributed by atoms with E-state index in [9.17, 15) is 78.6 Å². The van der Waals surface area contributed by atoms with Gasteiger partial charge in [0.05, 0.1) is 5.92 Å². The van der Waals surface area contributed by atoms with Gasteiger partial charge in [0.15, 0.2) is 0 Å². The monoisotopic (exact) mass is 860 g/mol. The molecule has 0 bridgehead atoms. The lowest BCUT2D eigenvalue weighted by atomic mass is 9.81. The zero-order valence-corrected chi connectivity index (χ0v) is 33.1.